The molecule has 0 unspecified atom stereocenters. The van der Waals surface area contributed by atoms with Crippen LogP contribution in [0.15, 0.2) is 0 Å². The summed E-state index contributed by atoms with van der Waals surface area (Å²) in [7, 11) is 0. The monoisotopic (exact) mass is 169 g/mol. The van der Waals surface area contributed by atoms with E-state index in [4.69, 9.17) is 5.26 Å². The second-order valence-corrected chi connectivity index (χ2v) is 0. The molecule has 20 valence electrons. The topological polar surface area (TPSA) is 23.8 Å². The van der Waals surface area contributed by atoms with Gasteiger partial charge in [0.05, 0.1) is 0 Å². The summed E-state index contributed by atoms with van der Waals surface area (Å²) in [6, 6.07) is 0. The van der Waals surface area contributed by atoms with Gasteiger partial charge in [0.1, 0.15) is 0 Å². The smallest absolute Gasteiger partial charge is 0 e. The van der Waals surface area contributed by atoms with Crippen LogP contribution in [0.2, 0.25) is 0 Å². The van der Waals surface area contributed by atoms with E-state index in [-0.39, 0.29) is 70.9 Å². The molecule has 0 radical (unpaired) electrons. The van der Waals surface area contributed by atoms with Gasteiger partial charge in [-0.15, -0.1) is 0 Å². The molecule has 1 nitrogen and oxygen atoms in total. The Labute approximate surface area is 80.9 Å². The van der Waals surface area contributed by atoms with Crippen molar-refractivity contribution in [2.45, 2.75) is 0 Å². The summed E-state index contributed by atoms with van der Waals surface area (Å²) in [5, 5.41) is 6.50. The van der Waals surface area contributed by atoms with Crippen LogP contribution in [0.25, 0.3) is 0 Å². The van der Waals surface area contributed by atoms with E-state index in [9.17, 15) is 0 Å². The molecule has 0 saturated heterocycles. The average Bonchev–Trinajstić information content (AvgIpc) is 1.00. The van der Waals surface area contributed by atoms with E-state index in [1.54, 1.807) is 0 Å². The first-order valence-electron chi connectivity index (χ1n) is 0.258. The quantitative estimate of drug-likeness (QED) is 0.447. The predicted molar refractivity (Wildman–Crippen MR) is 13.8 cm³/mol. The van der Waals surface area contributed by atoms with E-state index in [1.807, 2.05) is 0 Å². The fourth-order valence-corrected chi connectivity index (χ4v) is 0. The normalized spacial score (nSPS) is 0.500. The maximum Gasteiger partial charge on any atom is 0 e. The summed E-state index contributed by atoms with van der Waals surface area (Å²) < 4.78 is 0. The maximum absolute atomic E-state index is 6.50. The Hall–Kier alpha value is 1.75. The van der Waals surface area contributed by atoms with Gasteiger partial charge < -0.3 is 0 Å². The molecule has 0 aromatic heterocycles. The zero-order valence-electron chi connectivity index (χ0n) is 1.38. The molecule has 3 heteroatoms. The van der Waals surface area contributed by atoms with Crippen LogP contribution in [0.5, 0.6) is 0 Å². The van der Waals surface area contributed by atoms with Crippen LogP contribution in [0.1, 0.15) is 0 Å². The zero-order valence-corrected chi connectivity index (χ0v) is 3.12. The number of hydrogen-bond donors (Lipinski definition) is 0. The van der Waals surface area contributed by atoms with Crippen molar-refractivity contribution in [2.75, 3.05) is 0 Å². The fraction of sp³-hybridized carbons (Fsp3) is 0. The zero-order chi connectivity index (χ0) is 2.00. The molecule has 0 spiro atoms. The second kappa shape index (κ2) is 21.8. The standard InChI is InChI=1S/CHN.K.Ru.H/c1-2;;;/h1H;;;. The van der Waals surface area contributed by atoms with Crippen LogP contribution in [0.4, 0.5) is 0 Å². The number of rotatable bonds is 0. The minimum absolute atomic E-state index is 0. The molecule has 0 rings (SSSR count). The van der Waals surface area contributed by atoms with Crippen LogP contribution in [-0.2, 0) is 19.5 Å². The molecule has 0 aromatic carbocycles. The summed E-state index contributed by atoms with van der Waals surface area (Å²) in [5.41, 5.74) is 0. The summed E-state index contributed by atoms with van der Waals surface area (Å²) in [5.74, 6) is 0. The molecular formula is CH2KNRu. The molecule has 0 atom stereocenters. The third-order valence-electron chi connectivity index (χ3n) is 0. The summed E-state index contributed by atoms with van der Waals surface area (Å²) in [6.07, 6.45) is 0. The van der Waals surface area contributed by atoms with Gasteiger partial charge in [-0.25, -0.2) is 5.26 Å². The molecular weight excluding hydrogens is 166 g/mol. The minimum atomic E-state index is 0. The van der Waals surface area contributed by atoms with Crippen molar-refractivity contribution >= 4 is 51.4 Å². The van der Waals surface area contributed by atoms with Crippen LogP contribution in [-0.4, -0.2) is 51.4 Å². The molecule has 0 amide bonds. The van der Waals surface area contributed by atoms with E-state index < -0.39 is 0 Å². The van der Waals surface area contributed by atoms with E-state index in [0.717, 1.165) is 0 Å². The van der Waals surface area contributed by atoms with Gasteiger partial charge in [0.15, 0.2) is 0 Å². The Morgan fingerprint density at radius 1 is 1.25 bits per heavy atom. The third kappa shape index (κ3) is 9.26. The van der Waals surface area contributed by atoms with Crippen molar-refractivity contribution in [2.24, 2.45) is 0 Å². The first kappa shape index (κ1) is 17.2. The molecule has 0 N–H and O–H groups in total. The Balaban J connectivity index is -0.00000000500. The van der Waals surface area contributed by atoms with Crippen LogP contribution >= 0.6 is 0 Å². The molecule has 0 heterocycles. The molecule has 0 bridgehead atoms. The van der Waals surface area contributed by atoms with Crippen molar-refractivity contribution < 1.29 is 19.5 Å². The molecule has 0 saturated carbocycles. The van der Waals surface area contributed by atoms with Crippen LogP contribution < -0.4 is 0 Å². The van der Waals surface area contributed by atoms with E-state index >= 15 is 0 Å². The number of hydrogen-bond acceptors (Lipinski definition) is 1. The molecule has 0 aliphatic heterocycles. The third-order valence-corrected chi connectivity index (χ3v) is 0. The van der Waals surface area contributed by atoms with Gasteiger partial charge in [0.25, 0.3) is 0 Å². The summed E-state index contributed by atoms with van der Waals surface area (Å²) >= 11 is 0. The van der Waals surface area contributed by atoms with Gasteiger partial charge >= 0.3 is 51.4 Å². The minimum Gasteiger partial charge on any atom is 0 e. The molecule has 0 aliphatic rings. The van der Waals surface area contributed by atoms with Crippen LogP contribution in [0, 0.1) is 11.8 Å². The Morgan fingerprint density at radius 2 is 1.25 bits per heavy atom. The summed E-state index contributed by atoms with van der Waals surface area (Å²) in [6.45, 7) is 3.50. The SMILES string of the molecule is C#N.[KH].[Ru]. The van der Waals surface area contributed by atoms with Gasteiger partial charge in [-0.3, -0.25) is 0 Å². The fourth-order valence-electron chi connectivity index (χ4n) is 0. The first-order chi connectivity index (χ1) is 1.00. The van der Waals surface area contributed by atoms with Crippen molar-refractivity contribution in [3.8, 4) is 6.57 Å². The number of nitriles is 1. The van der Waals surface area contributed by atoms with Crippen LogP contribution in [0.3, 0.4) is 0 Å². The summed E-state index contributed by atoms with van der Waals surface area (Å²) in [4.78, 5) is 0. The van der Waals surface area contributed by atoms with Crippen molar-refractivity contribution in [1.29, 1.82) is 5.26 Å². The van der Waals surface area contributed by atoms with E-state index in [0.29, 0.717) is 0 Å². The van der Waals surface area contributed by atoms with Crippen molar-refractivity contribution in [3.63, 3.8) is 0 Å². The van der Waals surface area contributed by atoms with Gasteiger partial charge in [-0.2, -0.15) is 0 Å². The Bertz CT molecular complexity index is 12.8. The van der Waals surface area contributed by atoms with Gasteiger partial charge in [-0.1, -0.05) is 0 Å². The van der Waals surface area contributed by atoms with E-state index in [2.05, 4.69) is 6.57 Å². The Morgan fingerprint density at radius 3 is 1.25 bits per heavy atom. The van der Waals surface area contributed by atoms with Crippen molar-refractivity contribution in [1.82, 2.24) is 0 Å². The average molecular weight is 168 g/mol. The van der Waals surface area contributed by atoms with Crippen molar-refractivity contribution in [3.05, 3.63) is 0 Å². The maximum atomic E-state index is 6.50. The largest absolute Gasteiger partial charge is 0 e. The molecule has 0 fully saturated rings. The van der Waals surface area contributed by atoms with E-state index in [1.165, 1.54) is 0 Å². The van der Waals surface area contributed by atoms with Gasteiger partial charge in [0.2, 0.25) is 0 Å². The Kier molecular flexibility index (Phi) is 93.6. The first-order valence-corrected chi connectivity index (χ1v) is 0.258. The number of nitrogens with zero attached hydrogens (tertiary/aromatic N) is 1. The predicted octanol–water partition coefficient (Wildman–Crippen LogP) is -0.511. The van der Waals surface area contributed by atoms with Gasteiger partial charge in [0, 0.05) is 26.1 Å². The molecule has 0 aliphatic carbocycles. The van der Waals surface area contributed by atoms with Gasteiger partial charge in [-0.05, 0) is 0 Å². The molecule has 4 heavy (non-hydrogen) atoms. The molecule has 0 aromatic rings. The second-order valence-electron chi connectivity index (χ2n) is 0.